The number of nitrogens with zero attached hydrogens (tertiary/aromatic N) is 2. The quantitative estimate of drug-likeness (QED) is 0.683. The van der Waals surface area contributed by atoms with E-state index in [0.29, 0.717) is 12.0 Å². The van der Waals surface area contributed by atoms with Gasteiger partial charge in [-0.2, -0.15) is 0 Å². The van der Waals surface area contributed by atoms with Crippen LogP contribution in [0.2, 0.25) is 0 Å². The maximum atomic E-state index is 13.1. The van der Waals surface area contributed by atoms with Gasteiger partial charge in [0.05, 0.1) is 12.0 Å². The lowest BCUT2D eigenvalue weighted by Gasteiger charge is -2.46. The molecule has 1 aliphatic heterocycles. The molecule has 3 aliphatic rings. The molecule has 0 radical (unpaired) electrons. The minimum Gasteiger partial charge on any atom is -0.459 e. The maximum Gasteiger partial charge on any atom is 0.310 e. The van der Waals surface area contributed by atoms with E-state index in [1.165, 1.54) is 22.0 Å². The van der Waals surface area contributed by atoms with Crippen molar-refractivity contribution >= 4 is 29.3 Å². The molecule has 2 fully saturated rings. The second-order valence-corrected chi connectivity index (χ2v) is 9.09. The third kappa shape index (κ3) is 3.45. The number of hydrogen-bond donors (Lipinski definition) is 0. The van der Waals surface area contributed by atoms with Crippen molar-refractivity contribution in [3.05, 3.63) is 35.5 Å². The zero-order valence-electron chi connectivity index (χ0n) is 18.2. The Morgan fingerprint density at radius 2 is 2.03 bits per heavy atom. The summed E-state index contributed by atoms with van der Waals surface area (Å²) in [6, 6.07) is 7.13. The molecular formula is C24H33ClN2O3. The van der Waals surface area contributed by atoms with E-state index in [2.05, 4.69) is 47.8 Å². The van der Waals surface area contributed by atoms with Crippen LogP contribution in [0, 0.1) is 5.92 Å². The average Bonchev–Trinajstić information content (AvgIpc) is 3.32. The summed E-state index contributed by atoms with van der Waals surface area (Å²) >= 11 is 0. The van der Waals surface area contributed by atoms with Gasteiger partial charge >= 0.3 is 5.97 Å². The molecule has 3 unspecified atom stereocenters. The molecular weight excluding hydrogens is 400 g/mol. The first-order chi connectivity index (χ1) is 14.1. The highest BCUT2D eigenvalue weighted by atomic mass is 35.5. The number of fused-ring (bicyclic) bond motifs is 2. The molecule has 164 valence electrons. The zero-order valence-corrected chi connectivity index (χ0v) is 19.0. The number of methoxy groups -OCH3 is 1. The van der Waals surface area contributed by atoms with Gasteiger partial charge in [0.15, 0.2) is 0 Å². The van der Waals surface area contributed by atoms with Crippen LogP contribution in [0.25, 0.3) is 10.9 Å². The molecule has 1 saturated carbocycles. The summed E-state index contributed by atoms with van der Waals surface area (Å²) in [5, 5.41) is 1.41. The number of benzene rings is 1. The smallest absolute Gasteiger partial charge is 0.310 e. The summed E-state index contributed by atoms with van der Waals surface area (Å²) in [5.74, 6) is 0.304. The lowest BCUT2D eigenvalue weighted by Crippen LogP contribution is -2.52. The van der Waals surface area contributed by atoms with Crippen LogP contribution in [0.5, 0.6) is 0 Å². The highest BCUT2D eigenvalue weighted by molar-refractivity contribution is 5.89. The molecule has 6 heteroatoms. The molecule has 5 nitrogen and oxygen atoms in total. The molecule has 1 aromatic carbocycles. The molecule has 0 bridgehead atoms. The second kappa shape index (κ2) is 8.52. The predicted octanol–water partition coefficient (Wildman–Crippen LogP) is 4.06. The van der Waals surface area contributed by atoms with Gasteiger partial charge in [0, 0.05) is 49.8 Å². The van der Waals surface area contributed by atoms with E-state index in [9.17, 15) is 4.79 Å². The largest absolute Gasteiger partial charge is 0.459 e. The number of likely N-dealkylation sites (N-methyl/N-ethyl adjacent to an activating group) is 1. The van der Waals surface area contributed by atoms with Crippen LogP contribution in [-0.4, -0.2) is 53.9 Å². The summed E-state index contributed by atoms with van der Waals surface area (Å²) in [5.41, 5.74) is 4.17. The first-order valence-electron chi connectivity index (χ1n) is 11.1. The van der Waals surface area contributed by atoms with Crippen molar-refractivity contribution in [2.75, 3.05) is 20.2 Å². The molecule has 0 N–H and O–H groups in total. The van der Waals surface area contributed by atoms with Crippen LogP contribution in [0.15, 0.2) is 24.4 Å². The Hall–Kier alpha value is -1.56. The number of carbonyl (C=O) groups excluding carboxylic acids is 1. The molecule has 5 atom stereocenters. The molecule has 1 saturated heterocycles. The second-order valence-electron chi connectivity index (χ2n) is 9.09. The molecule has 0 amide bonds. The molecule has 2 heterocycles. The van der Waals surface area contributed by atoms with Gasteiger partial charge < -0.3 is 14.0 Å². The lowest BCUT2D eigenvalue weighted by molar-refractivity contribution is -0.162. The van der Waals surface area contributed by atoms with E-state index in [4.69, 9.17) is 9.47 Å². The van der Waals surface area contributed by atoms with Crippen LogP contribution in [0.3, 0.4) is 0 Å². The number of aromatic nitrogens is 1. The number of ether oxygens (including phenoxy) is 2. The fourth-order valence-corrected chi connectivity index (χ4v) is 6.15. The van der Waals surface area contributed by atoms with Crippen molar-refractivity contribution in [1.82, 2.24) is 9.47 Å². The SMILES string of the molecule is CCN1C[C@H](C(=O)OC2CCCC2OC)CC2c3cccc4c3c(cn4C)C[C@H]21.Cl. The van der Waals surface area contributed by atoms with E-state index in [1.54, 1.807) is 7.11 Å². The van der Waals surface area contributed by atoms with Gasteiger partial charge in [-0.1, -0.05) is 19.1 Å². The minimum atomic E-state index is -0.0733. The van der Waals surface area contributed by atoms with Crippen LogP contribution in [0.4, 0.5) is 0 Å². The van der Waals surface area contributed by atoms with Gasteiger partial charge in [-0.15, -0.1) is 12.4 Å². The normalized spacial score (nSPS) is 30.7. The number of piperidine rings is 1. The van der Waals surface area contributed by atoms with Crippen molar-refractivity contribution in [3.63, 3.8) is 0 Å². The summed E-state index contributed by atoms with van der Waals surface area (Å²) in [6.07, 6.45) is 7.23. The molecule has 2 aliphatic carbocycles. The van der Waals surface area contributed by atoms with Gasteiger partial charge in [-0.05, 0) is 55.8 Å². The van der Waals surface area contributed by atoms with Gasteiger partial charge in [0.2, 0.25) is 0 Å². The van der Waals surface area contributed by atoms with Crippen molar-refractivity contribution in [3.8, 4) is 0 Å². The number of esters is 1. The fraction of sp³-hybridized carbons (Fsp3) is 0.625. The Labute approximate surface area is 185 Å². The minimum absolute atomic E-state index is 0. The van der Waals surface area contributed by atoms with Gasteiger partial charge in [-0.3, -0.25) is 9.69 Å². The van der Waals surface area contributed by atoms with Crippen molar-refractivity contribution in [2.24, 2.45) is 13.0 Å². The third-order valence-corrected chi connectivity index (χ3v) is 7.58. The summed E-state index contributed by atoms with van der Waals surface area (Å²) in [4.78, 5) is 15.6. The number of halogens is 1. The number of likely N-dealkylation sites (tertiary alicyclic amines) is 1. The standard InChI is InChI=1S/C24H32N2O3.ClH/c1-4-26-14-16(24(27)29-22-10-6-9-21(22)28-3)11-18-17-7-5-8-19-23(17)15(12-20(18)26)13-25(19)2;/h5,7-8,13,16,18,20-22H,4,6,9-12,14H2,1-3H3;1H/t16-,18?,20-,21?,22?;/m1./s1. The van der Waals surface area contributed by atoms with Crippen LogP contribution in [-0.2, 0) is 27.7 Å². The third-order valence-electron chi connectivity index (χ3n) is 7.58. The monoisotopic (exact) mass is 432 g/mol. The Morgan fingerprint density at radius 1 is 1.23 bits per heavy atom. The van der Waals surface area contributed by atoms with Gasteiger partial charge in [-0.25, -0.2) is 0 Å². The van der Waals surface area contributed by atoms with Crippen LogP contribution < -0.4 is 0 Å². The molecule has 5 rings (SSSR count). The summed E-state index contributed by atoms with van der Waals surface area (Å²) in [6.45, 7) is 3.98. The first kappa shape index (κ1) is 21.7. The lowest BCUT2D eigenvalue weighted by atomic mass is 9.72. The average molecular weight is 433 g/mol. The van der Waals surface area contributed by atoms with Crippen molar-refractivity contribution in [1.29, 1.82) is 0 Å². The van der Waals surface area contributed by atoms with E-state index in [-0.39, 0.29) is 36.5 Å². The Morgan fingerprint density at radius 3 is 2.80 bits per heavy atom. The van der Waals surface area contributed by atoms with E-state index < -0.39 is 0 Å². The van der Waals surface area contributed by atoms with Crippen LogP contribution >= 0.6 is 12.4 Å². The zero-order chi connectivity index (χ0) is 20.1. The Balaban J connectivity index is 0.00000218. The van der Waals surface area contributed by atoms with Gasteiger partial charge in [0.1, 0.15) is 6.10 Å². The number of rotatable bonds is 4. The van der Waals surface area contributed by atoms with E-state index in [0.717, 1.165) is 45.2 Å². The topological polar surface area (TPSA) is 43.7 Å². The predicted molar refractivity (Wildman–Crippen MR) is 120 cm³/mol. The number of aryl methyl sites for hydroxylation is 1. The highest BCUT2D eigenvalue weighted by Gasteiger charge is 2.44. The fourth-order valence-electron chi connectivity index (χ4n) is 6.15. The number of hydrogen-bond acceptors (Lipinski definition) is 4. The molecule has 30 heavy (non-hydrogen) atoms. The highest BCUT2D eigenvalue weighted by Crippen LogP contribution is 2.45. The van der Waals surface area contributed by atoms with Crippen LogP contribution in [0.1, 0.15) is 49.7 Å². The first-order valence-corrected chi connectivity index (χ1v) is 11.1. The molecule has 1 aromatic heterocycles. The van der Waals surface area contributed by atoms with E-state index >= 15 is 0 Å². The molecule has 2 aromatic rings. The van der Waals surface area contributed by atoms with Crippen molar-refractivity contribution in [2.45, 2.75) is 63.2 Å². The Kier molecular flexibility index (Phi) is 6.16. The summed E-state index contributed by atoms with van der Waals surface area (Å²) in [7, 11) is 3.86. The van der Waals surface area contributed by atoms with Gasteiger partial charge in [0.25, 0.3) is 0 Å². The molecule has 0 spiro atoms. The number of carbonyl (C=O) groups is 1. The Bertz CT molecular complexity index is 927. The van der Waals surface area contributed by atoms with Crippen molar-refractivity contribution < 1.29 is 14.3 Å². The van der Waals surface area contributed by atoms with E-state index in [1.807, 2.05) is 0 Å². The maximum absolute atomic E-state index is 13.1. The summed E-state index contributed by atoms with van der Waals surface area (Å²) < 4.78 is 13.8.